The summed E-state index contributed by atoms with van der Waals surface area (Å²) in [6.45, 7) is 6.96. The van der Waals surface area contributed by atoms with E-state index in [1.165, 1.54) is 0 Å². The average Bonchev–Trinajstić information content (AvgIpc) is 3.00. The average molecular weight is 397 g/mol. The van der Waals surface area contributed by atoms with Crippen molar-refractivity contribution in [3.05, 3.63) is 47.3 Å². The molecule has 7 nitrogen and oxygen atoms in total. The van der Waals surface area contributed by atoms with Crippen LogP contribution in [0, 0.1) is 13.8 Å². The number of ketones is 1. The Balaban J connectivity index is 1.70. The van der Waals surface area contributed by atoms with E-state index in [-0.39, 0.29) is 23.6 Å². The topological polar surface area (TPSA) is 81.5 Å². The second-order valence-electron chi connectivity index (χ2n) is 7.63. The van der Waals surface area contributed by atoms with Gasteiger partial charge in [0.15, 0.2) is 6.61 Å². The number of carbonyl (C=O) groups excluding carboxylic acids is 3. The molecule has 0 aliphatic carbocycles. The van der Waals surface area contributed by atoms with Crippen LogP contribution in [0.5, 0.6) is 0 Å². The number of ether oxygens (including phenoxy) is 1. The molecule has 0 bridgehead atoms. The van der Waals surface area contributed by atoms with Crippen LogP contribution in [0.15, 0.2) is 30.3 Å². The van der Waals surface area contributed by atoms with Crippen LogP contribution in [0.1, 0.15) is 54.9 Å². The van der Waals surface area contributed by atoms with E-state index >= 15 is 0 Å². The first-order chi connectivity index (χ1) is 13.8. The van der Waals surface area contributed by atoms with Crippen molar-refractivity contribution in [1.82, 2.24) is 14.7 Å². The number of hydrogen-bond acceptors (Lipinski definition) is 5. The van der Waals surface area contributed by atoms with E-state index in [0.29, 0.717) is 11.4 Å². The number of rotatable bonds is 5. The quantitative estimate of drug-likeness (QED) is 0.440. The zero-order valence-electron chi connectivity index (χ0n) is 17.3. The molecule has 1 saturated heterocycles. The predicted molar refractivity (Wildman–Crippen MR) is 108 cm³/mol. The Morgan fingerprint density at radius 1 is 1.07 bits per heavy atom. The van der Waals surface area contributed by atoms with Crippen molar-refractivity contribution in [2.24, 2.45) is 0 Å². The summed E-state index contributed by atoms with van der Waals surface area (Å²) >= 11 is 0. The molecule has 7 heteroatoms. The van der Waals surface area contributed by atoms with E-state index in [1.54, 1.807) is 23.4 Å². The Labute approximate surface area is 170 Å². The first kappa shape index (κ1) is 20.8. The Bertz CT molecular complexity index is 910. The zero-order valence-corrected chi connectivity index (χ0v) is 17.3. The number of benzene rings is 1. The van der Waals surface area contributed by atoms with Crippen LogP contribution < -0.4 is 0 Å². The van der Waals surface area contributed by atoms with Gasteiger partial charge in [0.05, 0.1) is 22.6 Å². The Kier molecular flexibility index (Phi) is 6.15. The van der Waals surface area contributed by atoms with Crippen LogP contribution in [0.25, 0.3) is 5.69 Å². The molecular formula is C22H27N3O4. The van der Waals surface area contributed by atoms with Gasteiger partial charge in [-0.2, -0.15) is 5.10 Å². The first-order valence-electron chi connectivity index (χ1n) is 9.95. The number of amides is 1. The van der Waals surface area contributed by atoms with Crippen molar-refractivity contribution < 1.29 is 19.1 Å². The molecule has 1 aromatic carbocycles. The van der Waals surface area contributed by atoms with Crippen LogP contribution in [-0.4, -0.2) is 51.0 Å². The van der Waals surface area contributed by atoms with Crippen molar-refractivity contribution in [2.45, 2.75) is 59.0 Å². The molecule has 2 unspecified atom stereocenters. The molecule has 1 aliphatic heterocycles. The highest BCUT2D eigenvalue weighted by Gasteiger charge is 2.31. The van der Waals surface area contributed by atoms with Crippen LogP contribution >= 0.6 is 0 Å². The van der Waals surface area contributed by atoms with Gasteiger partial charge in [0, 0.05) is 12.1 Å². The lowest BCUT2D eigenvalue weighted by molar-refractivity contribution is -0.151. The molecule has 0 N–H and O–H groups in total. The molecule has 1 fully saturated rings. The molecule has 2 heterocycles. The Hall–Kier alpha value is -2.96. The fraction of sp³-hybridized carbons (Fsp3) is 0.455. The van der Waals surface area contributed by atoms with E-state index < -0.39 is 18.4 Å². The SMILES string of the molecule is Cc1nn(-c2ccccc2)c(C)c1C(=O)C(=O)OCC(=O)N1C(C)CCCC1C. The molecule has 2 atom stereocenters. The zero-order chi connectivity index (χ0) is 21.1. The molecule has 0 radical (unpaired) electrons. The van der Waals surface area contributed by atoms with Gasteiger partial charge in [-0.15, -0.1) is 0 Å². The standard InChI is InChI=1S/C22H27N3O4/c1-14-9-8-10-15(2)24(14)19(26)13-29-22(28)21(27)20-16(3)23-25(17(20)4)18-11-6-5-7-12-18/h5-7,11-12,14-15H,8-10,13H2,1-4H3. The molecule has 1 aromatic heterocycles. The van der Waals surface area contributed by atoms with Gasteiger partial charge in [-0.05, 0) is 59.1 Å². The number of likely N-dealkylation sites (tertiary alicyclic amines) is 1. The van der Waals surface area contributed by atoms with Gasteiger partial charge in [-0.25, -0.2) is 9.48 Å². The van der Waals surface area contributed by atoms with Crippen LogP contribution in [0.4, 0.5) is 0 Å². The normalized spacial score (nSPS) is 19.1. The minimum absolute atomic E-state index is 0.106. The highest BCUT2D eigenvalue weighted by molar-refractivity contribution is 6.41. The fourth-order valence-corrected chi connectivity index (χ4v) is 4.07. The highest BCUT2D eigenvalue weighted by Crippen LogP contribution is 2.23. The summed E-state index contributed by atoms with van der Waals surface area (Å²) in [6.07, 6.45) is 2.94. The number of aryl methyl sites for hydroxylation is 1. The monoisotopic (exact) mass is 397 g/mol. The van der Waals surface area contributed by atoms with Crippen LogP contribution in [0.3, 0.4) is 0 Å². The summed E-state index contributed by atoms with van der Waals surface area (Å²) in [5, 5.41) is 4.39. The number of hydrogen-bond donors (Lipinski definition) is 0. The van der Waals surface area contributed by atoms with Gasteiger partial charge < -0.3 is 9.64 Å². The van der Waals surface area contributed by atoms with Crippen LogP contribution in [-0.2, 0) is 14.3 Å². The van der Waals surface area contributed by atoms with Gasteiger partial charge >= 0.3 is 5.97 Å². The Morgan fingerprint density at radius 3 is 2.31 bits per heavy atom. The molecule has 1 amide bonds. The third kappa shape index (κ3) is 4.23. The number of nitrogens with zero attached hydrogens (tertiary/aromatic N) is 3. The largest absolute Gasteiger partial charge is 0.450 e. The van der Waals surface area contributed by atoms with Crippen molar-refractivity contribution in [3.8, 4) is 5.69 Å². The summed E-state index contributed by atoms with van der Waals surface area (Å²) in [5.41, 5.74) is 2.01. The van der Waals surface area contributed by atoms with E-state index in [4.69, 9.17) is 4.74 Å². The van der Waals surface area contributed by atoms with E-state index in [2.05, 4.69) is 5.10 Å². The number of esters is 1. The van der Waals surface area contributed by atoms with Crippen molar-refractivity contribution in [3.63, 3.8) is 0 Å². The fourth-order valence-electron chi connectivity index (χ4n) is 4.07. The molecule has 154 valence electrons. The van der Waals surface area contributed by atoms with Gasteiger partial charge in [-0.1, -0.05) is 18.2 Å². The van der Waals surface area contributed by atoms with Gasteiger partial charge in [0.25, 0.3) is 11.7 Å². The van der Waals surface area contributed by atoms with Crippen molar-refractivity contribution in [2.75, 3.05) is 6.61 Å². The molecule has 0 spiro atoms. The molecule has 3 rings (SSSR count). The van der Waals surface area contributed by atoms with Crippen molar-refractivity contribution >= 4 is 17.7 Å². The lowest BCUT2D eigenvalue weighted by Gasteiger charge is -2.38. The summed E-state index contributed by atoms with van der Waals surface area (Å²) in [6, 6.07) is 9.58. The number of piperidine rings is 1. The number of carbonyl (C=O) groups is 3. The van der Waals surface area contributed by atoms with Gasteiger partial charge in [0.1, 0.15) is 0 Å². The van der Waals surface area contributed by atoms with Gasteiger partial charge in [-0.3, -0.25) is 9.59 Å². The minimum atomic E-state index is -1.03. The number of aromatic nitrogens is 2. The molecule has 2 aromatic rings. The lowest BCUT2D eigenvalue weighted by Crippen LogP contribution is -2.49. The predicted octanol–water partition coefficient (Wildman–Crippen LogP) is 3.00. The molecule has 1 aliphatic rings. The van der Waals surface area contributed by atoms with E-state index in [0.717, 1.165) is 24.9 Å². The smallest absolute Gasteiger partial charge is 0.380 e. The third-order valence-electron chi connectivity index (χ3n) is 5.51. The highest BCUT2D eigenvalue weighted by atomic mass is 16.5. The summed E-state index contributed by atoms with van der Waals surface area (Å²) in [7, 11) is 0. The Morgan fingerprint density at radius 2 is 1.69 bits per heavy atom. The second-order valence-corrected chi connectivity index (χ2v) is 7.63. The van der Waals surface area contributed by atoms with E-state index in [9.17, 15) is 14.4 Å². The van der Waals surface area contributed by atoms with Gasteiger partial charge in [0.2, 0.25) is 0 Å². The molecule has 29 heavy (non-hydrogen) atoms. The third-order valence-corrected chi connectivity index (χ3v) is 5.51. The maximum atomic E-state index is 12.7. The summed E-state index contributed by atoms with van der Waals surface area (Å²) in [5.74, 6) is -2.08. The number of Topliss-reactive ketones (excluding diaryl/α,β-unsaturated/α-hetero) is 1. The molecule has 0 saturated carbocycles. The molecular weight excluding hydrogens is 370 g/mol. The maximum absolute atomic E-state index is 12.7. The first-order valence-corrected chi connectivity index (χ1v) is 9.95. The maximum Gasteiger partial charge on any atom is 0.380 e. The van der Waals surface area contributed by atoms with E-state index in [1.807, 2.05) is 44.2 Å². The number of para-hydroxylation sites is 1. The second kappa shape index (κ2) is 8.59. The summed E-state index contributed by atoms with van der Waals surface area (Å²) < 4.78 is 6.70. The minimum Gasteiger partial charge on any atom is -0.450 e. The summed E-state index contributed by atoms with van der Waals surface area (Å²) in [4.78, 5) is 39.3. The van der Waals surface area contributed by atoms with Crippen molar-refractivity contribution in [1.29, 1.82) is 0 Å². The lowest BCUT2D eigenvalue weighted by atomic mass is 9.97. The van der Waals surface area contributed by atoms with Crippen LogP contribution in [0.2, 0.25) is 0 Å².